The van der Waals surface area contributed by atoms with Crippen molar-refractivity contribution >= 4 is 17.9 Å². The number of nitrogens with zero attached hydrogens (tertiary/aromatic N) is 2. The van der Waals surface area contributed by atoms with Gasteiger partial charge in [0.15, 0.2) is 28.8 Å². The van der Waals surface area contributed by atoms with Gasteiger partial charge in [0.25, 0.3) is 0 Å². The smallest absolute Gasteiger partial charge is 0.185 e. The molecule has 0 saturated heterocycles. The topological polar surface area (TPSA) is 82.5 Å². The van der Waals surface area contributed by atoms with Gasteiger partial charge in [-0.3, -0.25) is 14.6 Å². The molecule has 1 fully saturated rings. The van der Waals surface area contributed by atoms with Gasteiger partial charge in [0.05, 0.1) is 14.2 Å². The molecule has 0 radical (unpaired) electrons. The van der Waals surface area contributed by atoms with Crippen LogP contribution in [0.4, 0.5) is 0 Å². The van der Waals surface area contributed by atoms with Crippen molar-refractivity contribution in [2.45, 2.75) is 53.6 Å². The zero-order valence-electron chi connectivity index (χ0n) is 23.6. The van der Waals surface area contributed by atoms with Crippen LogP contribution in [-0.2, 0) is 17.9 Å². The molecule has 1 aliphatic carbocycles. The van der Waals surface area contributed by atoms with E-state index < -0.39 is 0 Å². The Morgan fingerprint density at radius 1 is 0.711 bits per heavy atom. The van der Waals surface area contributed by atoms with E-state index in [0.717, 1.165) is 59.6 Å². The Labute approximate surface area is 227 Å². The van der Waals surface area contributed by atoms with E-state index in [-0.39, 0.29) is 17.3 Å². The van der Waals surface area contributed by atoms with Crippen LogP contribution in [0.1, 0.15) is 62.8 Å². The van der Waals surface area contributed by atoms with Crippen LogP contribution in [0.3, 0.4) is 0 Å². The van der Waals surface area contributed by atoms with Gasteiger partial charge >= 0.3 is 0 Å². The van der Waals surface area contributed by atoms with Gasteiger partial charge in [0, 0.05) is 35.4 Å². The zero-order valence-corrected chi connectivity index (χ0v) is 23.6. The molecule has 3 rings (SSSR count). The van der Waals surface area contributed by atoms with Crippen LogP contribution in [0, 0.1) is 0 Å². The Kier molecular flexibility index (Phi) is 10.4. The van der Waals surface area contributed by atoms with Crippen LogP contribution in [0.5, 0.6) is 23.0 Å². The fraction of sp³-hybridized carbons (Fsp3) is 0.452. The second-order valence-electron chi connectivity index (χ2n) is 9.55. The molecule has 7 nitrogen and oxygen atoms in total. The third-order valence-electron chi connectivity index (χ3n) is 7.30. The van der Waals surface area contributed by atoms with Crippen LogP contribution >= 0.6 is 0 Å². The molecule has 0 aliphatic heterocycles. The summed E-state index contributed by atoms with van der Waals surface area (Å²) in [6.45, 7) is 13.0. The summed E-state index contributed by atoms with van der Waals surface area (Å²) >= 11 is 0. The molecule has 0 bridgehead atoms. The molecule has 0 amide bonds. The highest BCUT2D eigenvalue weighted by Gasteiger charge is 2.24. The first kappa shape index (κ1) is 29.3. The highest BCUT2D eigenvalue weighted by molar-refractivity contribution is 6.15. The lowest BCUT2D eigenvalue weighted by atomic mass is 10.0. The van der Waals surface area contributed by atoms with Crippen LogP contribution in [0.2, 0.25) is 0 Å². The summed E-state index contributed by atoms with van der Waals surface area (Å²) in [6, 6.07) is 7.41. The summed E-state index contributed by atoms with van der Waals surface area (Å²) < 4.78 is 10.8. The Morgan fingerprint density at radius 2 is 1.08 bits per heavy atom. The summed E-state index contributed by atoms with van der Waals surface area (Å²) in [5, 5.41) is 21.3. The maximum atomic E-state index is 13.4. The first-order chi connectivity index (χ1) is 18.3. The summed E-state index contributed by atoms with van der Waals surface area (Å²) in [5.74, 6) is 1.10. The third-order valence-corrected chi connectivity index (χ3v) is 7.30. The lowest BCUT2D eigenvalue weighted by Crippen LogP contribution is -2.22. The molecule has 1 saturated carbocycles. The van der Waals surface area contributed by atoms with E-state index in [1.807, 2.05) is 24.3 Å². The Balaban J connectivity index is 1.92. The largest absolute Gasteiger partial charge is 0.504 e. The first-order valence-corrected chi connectivity index (χ1v) is 13.5. The molecule has 38 heavy (non-hydrogen) atoms. The quantitative estimate of drug-likeness (QED) is 0.350. The second kappa shape index (κ2) is 13.5. The number of methoxy groups -OCH3 is 2. The van der Waals surface area contributed by atoms with Gasteiger partial charge in [-0.2, -0.15) is 0 Å². The van der Waals surface area contributed by atoms with Gasteiger partial charge < -0.3 is 19.7 Å². The molecular weight excluding hydrogens is 480 g/mol. The minimum Gasteiger partial charge on any atom is -0.504 e. The molecule has 2 aromatic carbocycles. The third kappa shape index (κ3) is 6.77. The van der Waals surface area contributed by atoms with Crippen molar-refractivity contribution < 1.29 is 24.5 Å². The van der Waals surface area contributed by atoms with Gasteiger partial charge in [-0.1, -0.05) is 27.7 Å². The van der Waals surface area contributed by atoms with Gasteiger partial charge in [-0.15, -0.1) is 0 Å². The van der Waals surface area contributed by atoms with Crippen LogP contribution in [0.25, 0.3) is 12.2 Å². The highest BCUT2D eigenvalue weighted by Crippen LogP contribution is 2.37. The van der Waals surface area contributed by atoms with Gasteiger partial charge in [-0.25, -0.2) is 0 Å². The van der Waals surface area contributed by atoms with E-state index in [9.17, 15) is 15.0 Å². The second-order valence-corrected chi connectivity index (χ2v) is 9.55. The lowest BCUT2D eigenvalue weighted by molar-refractivity contribution is -0.111. The predicted octanol–water partition coefficient (Wildman–Crippen LogP) is 5.63. The number of ether oxygens (including phenoxy) is 2. The lowest BCUT2D eigenvalue weighted by Gasteiger charge is -2.20. The predicted molar refractivity (Wildman–Crippen MR) is 153 cm³/mol. The van der Waals surface area contributed by atoms with Crippen molar-refractivity contribution in [1.29, 1.82) is 0 Å². The maximum absolute atomic E-state index is 13.4. The number of phenols is 2. The zero-order chi connectivity index (χ0) is 27.8. The number of carbonyl (C=O) groups is 1. The number of phenolic OH excluding ortho intramolecular Hbond substituents is 2. The van der Waals surface area contributed by atoms with Crippen molar-refractivity contribution in [2.75, 3.05) is 40.4 Å². The van der Waals surface area contributed by atoms with Gasteiger partial charge in [0.2, 0.25) is 0 Å². The molecule has 0 heterocycles. The first-order valence-electron chi connectivity index (χ1n) is 13.5. The summed E-state index contributed by atoms with van der Waals surface area (Å²) in [7, 11) is 3.07. The molecule has 0 unspecified atom stereocenters. The normalized spacial score (nSPS) is 15.8. The molecular formula is C31H42N2O5. The fourth-order valence-electron chi connectivity index (χ4n) is 4.85. The number of ketones is 1. The number of rotatable bonds is 12. The van der Waals surface area contributed by atoms with Crippen molar-refractivity contribution in [3.05, 3.63) is 57.7 Å². The molecule has 206 valence electrons. The van der Waals surface area contributed by atoms with Crippen molar-refractivity contribution in [2.24, 2.45) is 0 Å². The van der Waals surface area contributed by atoms with E-state index in [2.05, 4.69) is 37.5 Å². The Hall–Kier alpha value is -3.29. The van der Waals surface area contributed by atoms with Crippen molar-refractivity contribution in [1.82, 2.24) is 9.80 Å². The van der Waals surface area contributed by atoms with E-state index in [1.54, 1.807) is 12.1 Å². The molecule has 1 aliphatic rings. The number of carbonyl (C=O) groups excluding carboxylic acids is 1. The molecule has 7 heteroatoms. The Bertz CT molecular complexity index is 1100. The average molecular weight is 523 g/mol. The summed E-state index contributed by atoms with van der Waals surface area (Å²) in [6.07, 6.45) is 5.08. The number of benzene rings is 2. The van der Waals surface area contributed by atoms with Crippen molar-refractivity contribution in [3.63, 3.8) is 0 Å². The Morgan fingerprint density at radius 3 is 1.39 bits per heavy atom. The number of aromatic hydroxyl groups is 2. The number of hydrogen-bond donors (Lipinski definition) is 2. The van der Waals surface area contributed by atoms with Gasteiger partial charge in [-0.05, 0) is 86.6 Å². The maximum Gasteiger partial charge on any atom is 0.185 e. The SMILES string of the molecule is CCN(CC)Cc1cc(/C=C2\CC/C(=C\c3cc(CN(CC)CC)c(O)c(OC)c3)C2=O)cc(OC)c1O. The molecule has 2 aromatic rings. The molecule has 0 spiro atoms. The monoisotopic (exact) mass is 522 g/mol. The summed E-state index contributed by atoms with van der Waals surface area (Å²) in [4.78, 5) is 17.8. The van der Waals surface area contributed by atoms with Crippen LogP contribution < -0.4 is 9.47 Å². The minimum atomic E-state index is 0.0136. The standard InChI is InChI=1S/C31H42N2O5/c1-7-32(8-2)19-25-15-21(17-27(37-5)30(25)35)13-23-11-12-24(29(23)34)14-22-16-26(20-33(9-3)10-4)31(36)28(18-22)38-6/h13-18,35-36H,7-12,19-20H2,1-6H3/b23-13+,24-14+. The number of allylic oxidation sites excluding steroid dienone is 2. The van der Waals surface area contributed by atoms with E-state index in [1.165, 1.54) is 14.2 Å². The molecule has 2 N–H and O–H groups in total. The fourth-order valence-corrected chi connectivity index (χ4v) is 4.85. The van der Waals surface area contributed by atoms with Crippen molar-refractivity contribution in [3.8, 4) is 23.0 Å². The van der Waals surface area contributed by atoms with E-state index in [4.69, 9.17) is 9.47 Å². The average Bonchev–Trinajstić information content (AvgIpc) is 3.26. The number of hydrogen-bond acceptors (Lipinski definition) is 7. The molecule has 0 aromatic heterocycles. The summed E-state index contributed by atoms with van der Waals surface area (Å²) in [5.41, 5.74) is 4.67. The van der Waals surface area contributed by atoms with Crippen LogP contribution in [-0.4, -0.2) is 66.2 Å². The van der Waals surface area contributed by atoms with E-state index in [0.29, 0.717) is 37.4 Å². The molecule has 0 atom stereocenters. The highest BCUT2D eigenvalue weighted by atomic mass is 16.5. The minimum absolute atomic E-state index is 0.0136. The van der Waals surface area contributed by atoms with E-state index >= 15 is 0 Å². The van der Waals surface area contributed by atoms with Gasteiger partial charge in [0.1, 0.15) is 0 Å². The number of Topliss-reactive ketones (excluding diaryl/α,β-unsaturated/α-hetero) is 1. The van der Waals surface area contributed by atoms with Crippen LogP contribution in [0.15, 0.2) is 35.4 Å².